The molecule has 0 spiro atoms. The molecule has 0 aliphatic heterocycles. The second-order valence-electron chi connectivity index (χ2n) is 5.43. The van der Waals surface area contributed by atoms with Crippen molar-refractivity contribution in [3.63, 3.8) is 0 Å². The first-order chi connectivity index (χ1) is 11.7. The molecule has 0 saturated carbocycles. The van der Waals surface area contributed by atoms with Crippen LogP contribution in [0.4, 0.5) is 0 Å². The zero-order valence-corrected chi connectivity index (χ0v) is 13.7. The number of aliphatic hydroxyl groups is 1. The number of benzene rings is 1. The molecule has 1 heterocycles. The molecule has 0 bridgehead atoms. The second-order valence-corrected chi connectivity index (χ2v) is 5.43. The molecule has 0 fully saturated rings. The molecule has 5 heteroatoms. The molecule has 0 aliphatic carbocycles. The number of rotatable bonds is 8. The number of aromatic nitrogens is 1. The van der Waals surface area contributed by atoms with Gasteiger partial charge in [0.2, 0.25) is 5.91 Å². The quantitative estimate of drug-likeness (QED) is 0.731. The lowest BCUT2D eigenvalue weighted by atomic mass is 10.2. The number of nitrogens with zero attached hydrogens (tertiary/aromatic N) is 1. The topological polar surface area (TPSA) is 71.5 Å². The number of nitrogens with one attached hydrogen (secondary N) is 1. The summed E-state index contributed by atoms with van der Waals surface area (Å²) in [6, 6.07) is 13.1. The molecule has 24 heavy (non-hydrogen) atoms. The van der Waals surface area contributed by atoms with Crippen LogP contribution in [0.1, 0.15) is 24.6 Å². The smallest absolute Gasteiger partial charge is 0.244 e. The van der Waals surface area contributed by atoms with Gasteiger partial charge in [0.25, 0.3) is 0 Å². The third kappa shape index (κ3) is 6.22. The number of amides is 1. The van der Waals surface area contributed by atoms with Gasteiger partial charge in [0.1, 0.15) is 12.4 Å². The van der Waals surface area contributed by atoms with Crippen LogP contribution in [0.3, 0.4) is 0 Å². The lowest BCUT2D eigenvalue weighted by Crippen LogP contribution is -2.31. The van der Waals surface area contributed by atoms with Gasteiger partial charge in [-0.05, 0) is 49.2 Å². The SMILES string of the molecule is C[C@H](CCO)NC(=O)/C=C/c1ccc(OCc2ccccn2)cc1. The summed E-state index contributed by atoms with van der Waals surface area (Å²) in [4.78, 5) is 15.9. The van der Waals surface area contributed by atoms with E-state index in [0.717, 1.165) is 17.0 Å². The van der Waals surface area contributed by atoms with Crippen molar-refractivity contribution >= 4 is 12.0 Å². The molecule has 126 valence electrons. The van der Waals surface area contributed by atoms with E-state index in [4.69, 9.17) is 9.84 Å². The minimum absolute atomic E-state index is 0.0467. The Morgan fingerprint density at radius 2 is 2.08 bits per heavy atom. The molecule has 0 aliphatic rings. The van der Waals surface area contributed by atoms with Crippen molar-refractivity contribution in [3.8, 4) is 5.75 Å². The lowest BCUT2D eigenvalue weighted by molar-refractivity contribution is -0.117. The molecule has 1 amide bonds. The Morgan fingerprint density at radius 1 is 1.29 bits per heavy atom. The molecule has 2 aromatic rings. The molecular weight excluding hydrogens is 304 g/mol. The minimum Gasteiger partial charge on any atom is -0.487 e. The van der Waals surface area contributed by atoms with Gasteiger partial charge in [-0.1, -0.05) is 18.2 Å². The Morgan fingerprint density at radius 3 is 2.75 bits per heavy atom. The molecule has 0 radical (unpaired) electrons. The van der Waals surface area contributed by atoms with E-state index in [1.54, 1.807) is 12.3 Å². The Kier molecular flexibility index (Phi) is 6.98. The van der Waals surface area contributed by atoms with Crippen molar-refractivity contribution in [2.45, 2.75) is 26.0 Å². The first-order valence-electron chi connectivity index (χ1n) is 7.89. The number of hydrogen-bond acceptors (Lipinski definition) is 4. The van der Waals surface area contributed by atoms with Gasteiger partial charge in [0.15, 0.2) is 0 Å². The summed E-state index contributed by atoms with van der Waals surface area (Å²) < 4.78 is 5.66. The van der Waals surface area contributed by atoms with Gasteiger partial charge in [-0.3, -0.25) is 9.78 Å². The number of hydrogen-bond donors (Lipinski definition) is 2. The van der Waals surface area contributed by atoms with E-state index in [1.807, 2.05) is 49.4 Å². The first kappa shape index (κ1) is 17.7. The monoisotopic (exact) mass is 326 g/mol. The summed E-state index contributed by atoms with van der Waals surface area (Å²) in [5.41, 5.74) is 1.78. The summed E-state index contributed by atoms with van der Waals surface area (Å²) in [5.74, 6) is 0.574. The molecule has 0 saturated heterocycles. The second kappa shape index (κ2) is 9.47. The van der Waals surface area contributed by atoms with Crippen LogP contribution in [0.15, 0.2) is 54.7 Å². The maximum atomic E-state index is 11.7. The predicted octanol–water partition coefficient (Wildman–Crippen LogP) is 2.56. The van der Waals surface area contributed by atoms with E-state index in [0.29, 0.717) is 13.0 Å². The van der Waals surface area contributed by atoms with Gasteiger partial charge < -0.3 is 15.2 Å². The van der Waals surface area contributed by atoms with Gasteiger partial charge in [-0.2, -0.15) is 0 Å². The van der Waals surface area contributed by atoms with Gasteiger partial charge in [-0.15, -0.1) is 0 Å². The fourth-order valence-electron chi connectivity index (χ4n) is 2.04. The zero-order chi connectivity index (χ0) is 17.2. The van der Waals surface area contributed by atoms with Crippen LogP contribution in [0, 0.1) is 0 Å². The maximum Gasteiger partial charge on any atom is 0.244 e. The highest BCUT2D eigenvalue weighted by Gasteiger charge is 2.03. The van der Waals surface area contributed by atoms with Gasteiger partial charge in [0.05, 0.1) is 5.69 Å². The molecule has 1 aromatic heterocycles. The Bertz CT molecular complexity index is 654. The van der Waals surface area contributed by atoms with Crippen LogP contribution in [0.5, 0.6) is 5.75 Å². The summed E-state index contributed by atoms with van der Waals surface area (Å²) in [5, 5.41) is 11.6. The van der Waals surface area contributed by atoms with Crippen LogP contribution in [0.2, 0.25) is 0 Å². The summed E-state index contributed by atoms with van der Waals surface area (Å²) in [6.07, 6.45) is 5.50. The highest BCUT2D eigenvalue weighted by Crippen LogP contribution is 2.14. The van der Waals surface area contributed by atoms with E-state index in [1.165, 1.54) is 6.08 Å². The third-order valence-electron chi connectivity index (χ3n) is 3.37. The van der Waals surface area contributed by atoms with Crippen LogP contribution in [0.25, 0.3) is 6.08 Å². The summed E-state index contributed by atoms with van der Waals surface area (Å²) in [7, 11) is 0. The molecular formula is C19H22N2O3. The van der Waals surface area contributed by atoms with Crippen molar-refractivity contribution in [3.05, 3.63) is 66.0 Å². The van der Waals surface area contributed by atoms with Crippen LogP contribution < -0.4 is 10.1 Å². The number of carbonyl (C=O) groups excluding carboxylic acids is 1. The standard InChI is InChI=1S/C19H22N2O3/c1-15(11-13-22)21-19(23)10-7-16-5-8-18(9-6-16)24-14-17-4-2-3-12-20-17/h2-10,12,15,22H,11,13-14H2,1H3,(H,21,23)/b10-7+/t15-/m1/s1. The Hall–Kier alpha value is -2.66. The minimum atomic E-state index is -0.175. The molecule has 2 rings (SSSR count). The van der Waals surface area contributed by atoms with E-state index < -0.39 is 0 Å². The van der Waals surface area contributed by atoms with E-state index in [-0.39, 0.29) is 18.6 Å². The Labute approximate surface area is 142 Å². The highest BCUT2D eigenvalue weighted by atomic mass is 16.5. The average Bonchev–Trinajstić information content (AvgIpc) is 2.60. The number of pyridine rings is 1. The third-order valence-corrected chi connectivity index (χ3v) is 3.37. The molecule has 1 atom stereocenters. The molecule has 1 aromatic carbocycles. The Balaban J connectivity index is 1.83. The van der Waals surface area contributed by atoms with Crippen molar-refractivity contribution in [2.24, 2.45) is 0 Å². The van der Waals surface area contributed by atoms with Crippen molar-refractivity contribution < 1.29 is 14.6 Å². The fraction of sp³-hybridized carbons (Fsp3) is 0.263. The van der Waals surface area contributed by atoms with E-state index in [2.05, 4.69) is 10.3 Å². The van der Waals surface area contributed by atoms with Gasteiger partial charge in [-0.25, -0.2) is 0 Å². The maximum absolute atomic E-state index is 11.7. The summed E-state index contributed by atoms with van der Waals surface area (Å²) >= 11 is 0. The van der Waals surface area contributed by atoms with Crippen LogP contribution in [-0.4, -0.2) is 28.6 Å². The van der Waals surface area contributed by atoms with E-state index >= 15 is 0 Å². The largest absolute Gasteiger partial charge is 0.487 e. The van der Waals surface area contributed by atoms with Crippen molar-refractivity contribution in [1.29, 1.82) is 0 Å². The first-order valence-corrected chi connectivity index (χ1v) is 7.89. The van der Waals surface area contributed by atoms with Crippen LogP contribution in [-0.2, 0) is 11.4 Å². The van der Waals surface area contributed by atoms with E-state index in [9.17, 15) is 4.79 Å². The molecule has 0 unspecified atom stereocenters. The predicted molar refractivity (Wildman–Crippen MR) is 93.4 cm³/mol. The molecule has 5 nitrogen and oxygen atoms in total. The number of carbonyl (C=O) groups is 1. The normalized spacial score (nSPS) is 12.1. The van der Waals surface area contributed by atoms with Crippen molar-refractivity contribution in [1.82, 2.24) is 10.3 Å². The van der Waals surface area contributed by atoms with Crippen LogP contribution >= 0.6 is 0 Å². The highest BCUT2D eigenvalue weighted by molar-refractivity contribution is 5.91. The van der Waals surface area contributed by atoms with Gasteiger partial charge >= 0.3 is 0 Å². The van der Waals surface area contributed by atoms with Gasteiger partial charge in [0, 0.05) is 24.9 Å². The number of ether oxygens (including phenoxy) is 1. The average molecular weight is 326 g/mol. The fourth-order valence-corrected chi connectivity index (χ4v) is 2.04. The zero-order valence-electron chi connectivity index (χ0n) is 13.7. The molecule has 2 N–H and O–H groups in total. The lowest BCUT2D eigenvalue weighted by Gasteiger charge is -2.09. The summed E-state index contributed by atoms with van der Waals surface area (Å²) in [6.45, 7) is 2.34. The number of aliphatic hydroxyl groups excluding tert-OH is 1. The van der Waals surface area contributed by atoms with Crippen molar-refractivity contribution in [2.75, 3.05) is 6.61 Å².